The number of ether oxygens (including phenoxy) is 2. The molecule has 3 rings (SSSR count). The zero-order valence-corrected chi connectivity index (χ0v) is 19.1. The van der Waals surface area contributed by atoms with E-state index in [0.29, 0.717) is 29.2 Å². The Kier molecular flexibility index (Phi) is 7.16. The molecule has 10 heteroatoms. The predicted octanol–water partition coefficient (Wildman–Crippen LogP) is 3.49. The smallest absolute Gasteiger partial charge is 0.244 e. The molecule has 9 nitrogen and oxygen atoms in total. The van der Waals surface area contributed by atoms with Gasteiger partial charge < -0.3 is 14.0 Å². The predicted molar refractivity (Wildman–Crippen MR) is 119 cm³/mol. The molecule has 1 amide bonds. The molecule has 1 heterocycles. The van der Waals surface area contributed by atoms with Crippen LogP contribution in [0.5, 0.6) is 11.5 Å². The van der Waals surface area contributed by atoms with Crippen LogP contribution >= 0.6 is 0 Å². The highest BCUT2D eigenvalue weighted by molar-refractivity contribution is 7.89. The quantitative estimate of drug-likeness (QED) is 0.502. The van der Waals surface area contributed by atoms with E-state index >= 15 is 0 Å². The monoisotopic (exact) mass is 459 g/mol. The summed E-state index contributed by atoms with van der Waals surface area (Å²) in [6.45, 7) is 5.58. The van der Waals surface area contributed by atoms with Crippen LogP contribution in [0.2, 0.25) is 0 Å². The van der Waals surface area contributed by atoms with Gasteiger partial charge in [0.15, 0.2) is 0 Å². The van der Waals surface area contributed by atoms with Crippen LogP contribution in [0.3, 0.4) is 0 Å². The number of aromatic nitrogens is 1. The van der Waals surface area contributed by atoms with Crippen LogP contribution in [0.15, 0.2) is 51.9 Å². The van der Waals surface area contributed by atoms with Gasteiger partial charge in [0.25, 0.3) is 0 Å². The molecule has 2 aromatic carbocycles. The largest absolute Gasteiger partial charge is 0.495 e. The molecule has 0 spiro atoms. The average Bonchev–Trinajstić information content (AvgIpc) is 3.12. The van der Waals surface area contributed by atoms with Crippen LogP contribution in [0.4, 0.5) is 5.88 Å². The van der Waals surface area contributed by atoms with Crippen LogP contribution in [-0.4, -0.2) is 33.2 Å². The Labute approximate surface area is 186 Å². The number of carbonyl (C=O) groups is 1. The zero-order chi connectivity index (χ0) is 23.3. The Morgan fingerprint density at radius 3 is 2.50 bits per heavy atom. The normalized spacial score (nSPS) is 11.2. The molecule has 0 atom stereocenters. The molecule has 0 aliphatic rings. The van der Waals surface area contributed by atoms with Crippen molar-refractivity contribution < 1.29 is 27.2 Å². The third-order valence-electron chi connectivity index (χ3n) is 4.59. The number of sulfonamides is 1. The number of methoxy groups -OCH3 is 1. The van der Waals surface area contributed by atoms with Gasteiger partial charge in [-0.05, 0) is 49.2 Å². The third kappa shape index (κ3) is 5.27. The number of benzene rings is 2. The molecule has 0 aliphatic carbocycles. The van der Waals surface area contributed by atoms with Gasteiger partial charge in [0.05, 0.1) is 25.0 Å². The lowest BCUT2D eigenvalue weighted by Crippen LogP contribution is -2.23. The van der Waals surface area contributed by atoms with Crippen LogP contribution in [-0.2, 0) is 21.4 Å². The maximum Gasteiger partial charge on any atom is 0.244 e. The van der Waals surface area contributed by atoms with Crippen molar-refractivity contribution in [2.75, 3.05) is 19.0 Å². The Hall–Kier alpha value is -3.37. The van der Waals surface area contributed by atoms with Crippen molar-refractivity contribution >= 4 is 21.8 Å². The SMILES string of the molecule is CCOc1ccc(CNS(=O)(=O)c2cc(-c3c(C)noc3NC(C)=O)ccc2OC)cc1. The average molecular weight is 460 g/mol. The minimum atomic E-state index is -3.93. The molecule has 0 unspecified atom stereocenters. The molecule has 0 radical (unpaired) electrons. The van der Waals surface area contributed by atoms with Crippen molar-refractivity contribution in [3.63, 3.8) is 0 Å². The van der Waals surface area contributed by atoms with Gasteiger partial charge in [0, 0.05) is 13.5 Å². The summed E-state index contributed by atoms with van der Waals surface area (Å²) in [5.74, 6) is 0.710. The summed E-state index contributed by atoms with van der Waals surface area (Å²) in [4.78, 5) is 11.4. The first-order valence-electron chi connectivity index (χ1n) is 9.88. The highest BCUT2D eigenvalue weighted by Crippen LogP contribution is 2.35. The number of rotatable bonds is 9. The van der Waals surface area contributed by atoms with E-state index < -0.39 is 10.0 Å². The Morgan fingerprint density at radius 2 is 1.88 bits per heavy atom. The van der Waals surface area contributed by atoms with Gasteiger partial charge in [-0.3, -0.25) is 10.1 Å². The zero-order valence-electron chi connectivity index (χ0n) is 18.3. The van der Waals surface area contributed by atoms with E-state index in [1.54, 1.807) is 43.3 Å². The number of aryl methyl sites for hydroxylation is 1. The van der Waals surface area contributed by atoms with Gasteiger partial charge in [-0.2, -0.15) is 0 Å². The molecule has 2 N–H and O–H groups in total. The standard InChI is InChI=1S/C22H25N3O6S/c1-5-30-18-9-6-16(7-10-18)13-23-32(27,28)20-12-17(8-11-19(20)29-4)21-14(2)25-31-22(21)24-15(3)26/h6-12,23H,5,13H2,1-4H3,(H,24,26). The van der Waals surface area contributed by atoms with Gasteiger partial charge in [0.2, 0.25) is 21.8 Å². The van der Waals surface area contributed by atoms with Gasteiger partial charge in [-0.25, -0.2) is 13.1 Å². The highest BCUT2D eigenvalue weighted by atomic mass is 32.2. The summed E-state index contributed by atoms with van der Waals surface area (Å²) in [5.41, 5.74) is 2.28. The van der Waals surface area contributed by atoms with E-state index in [1.807, 2.05) is 6.92 Å². The number of carbonyl (C=O) groups excluding carboxylic acids is 1. The van der Waals surface area contributed by atoms with Crippen molar-refractivity contribution in [2.24, 2.45) is 0 Å². The fraction of sp³-hybridized carbons (Fsp3) is 0.273. The Balaban J connectivity index is 1.91. The van der Waals surface area contributed by atoms with Crippen molar-refractivity contribution in [3.05, 3.63) is 53.7 Å². The number of hydrogen-bond donors (Lipinski definition) is 2. The topological polar surface area (TPSA) is 120 Å². The Morgan fingerprint density at radius 1 is 1.16 bits per heavy atom. The maximum absolute atomic E-state index is 13.1. The van der Waals surface area contributed by atoms with Crippen molar-refractivity contribution in [3.8, 4) is 22.6 Å². The van der Waals surface area contributed by atoms with E-state index in [2.05, 4.69) is 15.2 Å². The van der Waals surface area contributed by atoms with Gasteiger partial charge in [0.1, 0.15) is 16.4 Å². The highest BCUT2D eigenvalue weighted by Gasteiger charge is 2.23. The molecule has 32 heavy (non-hydrogen) atoms. The van der Waals surface area contributed by atoms with E-state index in [0.717, 1.165) is 5.56 Å². The fourth-order valence-electron chi connectivity index (χ4n) is 3.12. The number of anilines is 1. The second kappa shape index (κ2) is 9.84. The number of amides is 1. The minimum absolute atomic E-state index is 0.0437. The maximum atomic E-state index is 13.1. The summed E-state index contributed by atoms with van der Waals surface area (Å²) in [5, 5.41) is 6.45. The lowest BCUT2D eigenvalue weighted by Gasteiger charge is -2.13. The minimum Gasteiger partial charge on any atom is -0.495 e. The van der Waals surface area contributed by atoms with Crippen LogP contribution in [0.25, 0.3) is 11.1 Å². The second-order valence-electron chi connectivity index (χ2n) is 6.92. The van der Waals surface area contributed by atoms with Crippen molar-refractivity contribution in [2.45, 2.75) is 32.2 Å². The Bertz CT molecular complexity index is 1200. The molecule has 170 valence electrons. The number of nitrogens with zero attached hydrogens (tertiary/aromatic N) is 1. The van der Waals surface area contributed by atoms with E-state index in [4.69, 9.17) is 14.0 Å². The van der Waals surface area contributed by atoms with Gasteiger partial charge >= 0.3 is 0 Å². The van der Waals surface area contributed by atoms with E-state index in [-0.39, 0.29) is 29.0 Å². The summed E-state index contributed by atoms with van der Waals surface area (Å²) in [7, 11) is -2.53. The van der Waals surface area contributed by atoms with Crippen molar-refractivity contribution in [1.29, 1.82) is 0 Å². The van der Waals surface area contributed by atoms with Crippen molar-refractivity contribution in [1.82, 2.24) is 9.88 Å². The summed E-state index contributed by atoms with van der Waals surface area (Å²) < 4.78 is 44.7. The molecular formula is C22H25N3O6S. The number of nitrogens with one attached hydrogen (secondary N) is 2. The first-order valence-corrected chi connectivity index (χ1v) is 11.4. The summed E-state index contributed by atoms with van der Waals surface area (Å²) in [6, 6.07) is 11.8. The first kappa shape index (κ1) is 23.3. The first-order chi connectivity index (χ1) is 15.2. The van der Waals surface area contributed by atoms with E-state index in [1.165, 1.54) is 20.1 Å². The molecular weight excluding hydrogens is 434 g/mol. The van der Waals surface area contributed by atoms with Crippen LogP contribution in [0.1, 0.15) is 25.1 Å². The molecule has 0 saturated carbocycles. The van der Waals surface area contributed by atoms with Gasteiger partial charge in [-0.15, -0.1) is 0 Å². The second-order valence-corrected chi connectivity index (χ2v) is 8.66. The van der Waals surface area contributed by atoms with Crippen LogP contribution < -0.4 is 19.5 Å². The van der Waals surface area contributed by atoms with Gasteiger partial charge in [-0.1, -0.05) is 23.4 Å². The van der Waals surface area contributed by atoms with Crippen LogP contribution in [0, 0.1) is 6.92 Å². The lowest BCUT2D eigenvalue weighted by atomic mass is 10.1. The molecule has 0 aliphatic heterocycles. The summed E-state index contributed by atoms with van der Waals surface area (Å²) >= 11 is 0. The summed E-state index contributed by atoms with van der Waals surface area (Å²) in [6.07, 6.45) is 0. The molecule has 0 bridgehead atoms. The molecule has 3 aromatic rings. The molecule has 1 aromatic heterocycles. The third-order valence-corrected chi connectivity index (χ3v) is 6.02. The fourth-order valence-corrected chi connectivity index (χ4v) is 4.33. The molecule has 0 saturated heterocycles. The number of hydrogen-bond acceptors (Lipinski definition) is 7. The molecule has 0 fully saturated rings. The lowest BCUT2D eigenvalue weighted by molar-refractivity contribution is -0.114. The van der Waals surface area contributed by atoms with E-state index in [9.17, 15) is 13.2 Å².